The number of aryl methyl sites for hydroxylation is 1. The van der Waals surface area contributed by atoms with Gasteiger partial charge in [0.2, 0.25) is 5.91 Å². The third kappa shape index (κ3) is 4.73. The Morgan fingerprint density at radius 2 is 1.87 bits per heavy atom. The van der Waals surface area contributed by atoms with Gasteiger partial charge in [0.1, 0.15) is 4.70 Å². The van der Waals surface area contributed by atoms with Gasteiger partial charge in [0.05, 0.1) is 11.3 Å². The van der Waals surface area contributed by atoms with Crippen LogP contribution in [0.5, 0.6) is 0 Å². The molecular weight excluding hydrogens is 426 g/mol. The Morgan fingerprint density at radius 1 is 1.13 bits per heavy atom. The van der Waals surface area contributed by atoms with Crippen molar-refractivity contribution in [3.05, 3.63) is 81.5 Å². The van der Waals surface area contributed by atoms with E-state index >= 15 is 0 Å². The number of nitrogens with one attached hydrogen (secondary N) is 1. The molecule has 158 valence electrons. The zero-order valence-corrected chi connectivity index (χ0v) is 19.1. The number of hydrogen-bond donors (Lipinski definition) is 1. The Hall–Kier alpha value is -2.90. The molecule has 5 nitrogen and oxygen atoms in total. The molecule has 7 heteroatoms. The van der Waals surface area contributed by atoms with Gasteiger partial charge in [-0.2, -0.15) is 0 Å². The van der Waals surface area contributed by atoms with E-state index < -0.39 is 0 Å². The van der Waals surface area contributed by atoms with Crippen LogP contribution in [0.1, 0.15) is 18.1 Å². The van der Waals surface area contributed by atoms with Gasteiger partial charge in [-0.1, -0.05) is 71.9 Å². The lowest BCUT2D eigenvalue weighted by molar-refractivity contribution is -0.118. The largest absolute Gasteiger partial charge is 0.351 e. The first kappa shape index (κ1) is 21.3. The molecular formula is C24H23N3O2S2. The quantitative estimate of drug-likeness (QED) is 0.323. The van der Waals surface area contributed by atoms with Crippen LogP contribution in [-0.2, 0) is 17.9 Å². The van der Waals surface area contributed by atoms with Gasteiger partial charge in [-0.3, -0.25) is 14.2 Å². The Labute approximate surface area is 189 Å². The Bertz CT molecular complexity index is 1260. The third-order valence-electron chi connectivity index (χ3n) is 4.99. The summed E-state index contributed by atoms with van der Waals surface area (Å²) in [5.74, 6) is 0.116. The van der Waals surface area contributed by atoms with Crippen molar-refractivity contribution in [2.45, 2.75) is 32.1 Å². The summed E-state index contributed by atoms with van der Waals surface area (Å²) in [5, 5.41) is 5.49. The first-order chi connectivity index (χ1) is 15.1. The number of rotatable bonds is 7. The van der Waals surface area contributed by atoms with Crippen molar-refractivity contribution < 1.29 is 4.79 Å². The van der Waals surface area contributed by atoms with Crippen LogP contribution in [-0.4, -0.2) is 21.2 Å². The molecule has 1 N–H and O–H groups in total. The summed E-state index contributed by atoms with van der Waals surface area (Å²) in [5.41, 5.74) is 4.87. The van der Waals surface area contributed by atoms with Crippen molar-refractivity contribution in [3.8, 4) is 11.1 Å². The van der Waals surface area contributed by atoms with Crippen LogP contribution in [0.15, 0.2) is 69.9 Å². The van der Waals surface area contributed by atoms with Crippen molar-refractivity contribution in [2.24, 2.45) is 0 Å². The highest BCUT2D eigenvalue weighted by atomic mass is 32.2. The molecule has 0 radical (unpaired) electrons. The van der Waals surface area contributed by atoms with Gasteiger partial charge in [-0.25, -0.2) is 4.98 Å². The Balaban J connectivity index is 1.54. The summed E-state index contributed by atoms with van der Waals surface area (Å²) in [6, 6.07) is 18.0. The maximum absolute atomic E-state index is 13.0. The van der Waals surface area contributed by atoms with Gasteiger partial charge in [0.15, 0.2) is 5.16 Å². The van der Waals surface area contributed by atoms with Crippen LogP contribution in [0.3, 0.4) is 0 Å². The maximum atomic E-state index is 13.0. The summed E-state index contributed by atoms with van der Waals surface area (Å²) in [6.07, 6.45) is 0. The predicted octanol–water partition coefficient (Wildman–Crippen LogP) is 4.86. The second kappa shape index (κ2) is 9.49. The van der Waals surface area contributed by atoms with Crippen molar-refractivity contribution >= 4 is 39.2 Å². The second-order valence-corrected chi connectivity index (χ2v) is 9.01. The molecule has 0 aliphatic carbocycles. The molecule has 4 rings (SSSR count). The Morgan fingerprint density at radius 3 is 2.58 bits per heavy atom. The topological polar surface area (TPSA) is 64.0 Å². The number of benzene rings is 2. The SMILES string of the molecule is CCn1c(SCC(=O)NCc2ccc(C)cc2)nc2c(-c3ccccc3)csc2c1=O. The van der Waals surface area contributed by atoms with Gasteiger partial charge >= 0.3 is 0 Å². The molecule has 2 heterocycles. The minimum atomic E-state index is -0.0869. The number of thiophene rings is 1. The molecule has 0 aliphatic rings. The van der Waals surface area contributed by atoms with E-state index in [0.717, 1.165) is 16.7 Å². The van der Waals surface area contributed by atoms with Gasteiger partial charge in [-0.15, -0.1) is 11.3 Å². The summed E-state index contributed by atoms with van der Waals surface area (Å²) in [4.78, 5) is 30.2. The van der Waals surface area contributed by atoms with Crippen LogP contribution < -0.4 is 10.9 Å². The number of thioether (sulfide) groups is 1. The van der Waals surface area contributed by atoms with E-state index in [-0.39, 0.29) is 17.2 Å². The van der Waals surface area contributed by atoms with E-state index in [0.29, 0.717) is 28.5 Å². The first-order valence-corrected chi connectivity index (χ1v) is 12.0. The van der Waals surface area contributed by atoms with E-state index in [1.54, 1.807) is 4.57 Å². The molecule has 4 aromatic rings. The fourth-order valence-electron chi connectivity index (χ4n) is 3.28. The van der Waals surface area contributed by atoms with Gasteiger partial charge in [0, 0.05) is 24.0 Å². The molecule has 0 fully saturated rings. The van der Waals surface area contributed by atoms with Crippen molar-refractivity contribution in [1.82, 2.24) is 14.9 Å². The molecule has 0 saturated heterocycles. The molecule has 0 atom stereocenters. The van der Waals surface area contributed by atoms with E-state index in [2.05, 4.69) is 5.32 Å². The van der Waals surface area contributed by atoms with Crippen LogP contribution in [0.4, 0.5) is 0 Å². The summed E-state index contributed by atoms with van der Waals surface area (Å²) < 4.78 is 2.29. The fraction of sp³-hybridized carbons (Fsp3) is 0.208. The minimum Gasteiger partial charge on any atom is -0.351 e. The second-order valence-electron chi connectivity index (χ2n) is 7.19. The lowest BCUT2D eigenvalue weighted by atomic mass is 10.1. The zero-order valence-electron chi connectivity index (χ0n) is 17.4. The van der Waals surface area contributed by atoms with Gasteiger partial charge in [0.25, 0.3) is 5.56 Å². The number of nitrogens with zero attached hydrogens (tertiary/aromatic N) is 2. The molecule has 2 aromatic carbocycles. The number of amides is 1. The summed E-state index contributed by atoms with van der Waals surface area (Å²) in [7, 11) is 0. The predicted molar refractivity (Wildman–Crippen MR) is 129 cm³/mol. The number of carbonyl (C=O) groups excluding carboxylic acids is 1. The summed E-state index contributed by atoms with van der Waals surface area (Å²) >= 11 is 2.72. The molecule has 0 unspecified atom stereocenters. The molecule has 0 aliphatic heterocycles. The normalized spacial score (nSPS) is 11.0. The Kier molecular flexibility index (Phi) is 6.53. The van der Waals surface area contributed by atoms with Crippen molar-refractivity contribution in [1.29, 1.82) is 0 Å². The molecule has 2 aromatic heterocycles. The monoisotopic (exact) mass is 449 g/mol. The zero-order chi connectivity index (χ0) is 21.8. The molecule has 31 heavy (non-hydrogen) atoms. The summed E-state index contributed by atoms with van der Waals surface area (Å²) in [6.45, 7) is 4.94. The van der Waals surface area contributed by atoms with Crippen LogP contribution in [0.25, 0.3) is 21.3 Å². The van der Waals surface area contributed by atoms with Crippen LogP contribution in [0, 0.1) is 6.92 Å². The van der Waals surface area contributed by atoms with Gasteiger partial charge < -0.3 is 5.32 Å². The van der Waals surface area contributed by atoms with Crippen molar-refractivity contribution in [2.75, 3.05) is 5.75 Å². The average molecular weight is 450 g/mol. The smallest absolute Gasteiger partial charge is 0.272 e. The lowest BCUT2D eigenvalue weighted by Crippen LogP contribution is -2.26. The number of aromatic nitrogens is 2. The number of hydrogen-bond acceptors (Lipinski definition) is 5. The third-order valence-corrected chi connectivity index (χ3v) is 6.92. The highest BCUT2D eigenvalue weighted by molar-refractivity contribution is 7.99. The molecule has 0 bridgehead atoms. The van der Waals surface area contributed by atoms with Gasteiger partial charge in [-0.05, 0) is 25.0 Å². The van der Waals surface area contributed by atoms with Crippen molar-refractivity contribution in [3.63, 3.8) is 0 Å². The van der Waals surface area contributed by atoms with Crippen LogP contribution in [0.2, 0.25) is 0 Å². The van der Waals surface area contributed by atoms with E-state index in [1.165, 1.54) is 28.7 Å². The lowest BCUT2D eigenvalue weighted by Gasteiger charge is -2.11. The molecule has 0 spiro atoms. The highest BCUT2D eigenvalue weighted by Gasteiger charge is 2.17. The molecule has 0 saturated carbocycles. The maximum Gasteiger partial charge on any atom is 0.272 e. The van der Waals surface area contributed by atoms with E-state index in [4.69, 9.17) is 4.98 Å². The minimum absolute atomic E-state index is 0.0535. The average Bonchev–Trinajstić information content (AvgIpc) is 3.22. The fourth-order valence-corrected chi connectivity index (χ4v) is 5.13. The number of carbonyl (C=O) groups is 1. The highest BCUT2D eigenvalue weighted by Crippen LogP contribution is 2.32. The standard InChI is InChI=1S/C24H23N3O2S2/c1-3-27-23(29)22-21(19(14-30-22)18-7-5-4-6-8-18)26-24(27)31-15-20(28)25-13-17-11-9-16(2)10-12-17/h4-12,14H,3,13,15H2,1-2H3,(H,25,28). The van der Waals surface area contributed by atoms with E-state index in [1.807, 2.05) is 73.8 Å². The first-order valence-electron chi connectivity index (χ1n) is 10.1. The van der Waals surface area contributed by atoms with Crippen LogP contribution >= 0.6 is 23.1 Å². The molecule has 1 amide bonds. The van der Waals surface area contributed by atoms with E-state index in [9.17, 15) is 9.59 Å². The number of fused-ring (bicyclic) bond motifs is 1.